The van der Waals surface area contributed by atoms with Crippen molar-refractivity contribution in [3.05, 3.63) is 0 Å². The number of hydrogen-bond acceptors (Lipinski definition) is 2. The van der Waals surface area contributed by atoms with E-state index in [9.17, 15) is 0 Å². The predicted molar refractivity (Wildman–Crippen MR) is 39.4 cm³/mol. The smallest absolute Gasteiger partial charge is 0.0598 e. The normalized spacial score (nSPS) is 21.9. The zero-order valence-corrected chi connectivity index (χ0v) is 6.50. The van der Waals surface area contributed by atoms with E-state index >= 15 is 0 Å². The lowest BCUT2D eigenvalue weighted by Crippen LogP contribution is -2.17. The number of aliphatic hydroxyl groups is 1. The third-order valence-corrected chi connectivity index (χ3v) is 0.847. The summed E-state index contributed by atoms with van der Waals surface area (Å²) in [6.45, 7) is 5.21. The van der Waals surface area contributed by atoms with Gasteiger partial charge in [0.25, 0.3) is 0 Å². The Morgan fingerprint density at radius 1 is 1.88 bits per heavy atom. The van der Waals surface area contributed by atoms with E-state index in [1.165, 1.54) is 6.92 Å². The molecule has 0 spiro atoms. The van der Waals surface area contributed by atoms with E-state index in [2.05, 4.69) is 12.6 Å². The first-order chi connectivity index (χ1) is 3.71. The monoisotopic (exact) mass is 135 g/mol. The minimum Gasteiger partial charge on any atom is -0.393 e. The molecule has 1 atom stereocenters. The molecule has 0 aliphatic heterocycles. The van der Waals surface area contributed by atoms with Crippen LogP contribution in [-0.2, 0) is 0 Å². The Hall–Kier alpha value is 0.310. The van der Waals surface area contributed by atoms with E-state index in [4.69, 9.17) is 6.48 Å². The Kier molecular flexibility index (Phi) is 2.20. The lowest BCUT2D eigenvalue weighted by Gasteiger charge is -2.18. The van der Waals surface area contributed by atoms with Gasteiger partial charge in [0, 0.05) is 4.75 Å². The van der Waals surface area contributed by atoms with Gasteiger partial charge in [0.1, 0.15) is 0 Å². The van der Waals surface area contributed by atoms with Gasteiger partial charge in [-0.2, -0.15) is 12.6 Å². The van der Waals surface area contributed by atoms with Gasteiger partial charge in [-0.05, 0) is 13.3 Å². The maximum absolute atomic E-state index is 8.97. The van der Waals surface area contributed by atoms with Gasteiger partial charge in [-0.15, -0.1) is 0 Å². The Morgan fingerprint density at radius 2 is 2.25 bits per heavy atom. The molecule has 0 heterocycles. The van der Waals surface area contributed by atoms with Gasteiger partial charge in [0.2, 0.25) is 0 Å². The van der Waals surface area contributed by atoms with Crippen LogP contribution in [0.1, 0.15) is 28.6 Å². The van der Waals surface area contributed by atoms with Crippen molar-refractivity contribution < 1.29 is 6.48 Å². The molecule has 50 valence electrons. The van der Waals surface area contributed by atoms with Gasteiger partial charge in [0.15, 0.2) is 0 Å². The molecule has 0 bridgehead atoms. The summed E-state index contributed by atoms with van der Waals surface area (Å²) in [4.78, 5) is 0. The molecule has 0 aromatic carbocycles. The highest BCUT2D eigenvalue weighted by molar-refractivity contribution is 7.81. The highest BCUT2D eigenvalue weighted by atomic mass is 32.1. The van der Waals surface area contributed by atoms with Crippen molar-refractivity contribution in [2.75, 3.05) is 0 Å². The fraction of sp³-hybridized carbons (Fsp3) is 1.00. The third kappa shape index (κ3) is 6.31. The van der Waals surface area contributed by atoms with Gasteiger partial charge >= 0.3 is 0 Å². The van der Waals surface area contributed by atoms with Crippen LogP contribution in [0.25, 0.3) is 0 Å². The number of thiol groups is 1. The molecule has 0 radical (unpaired) electrons. The molecule has 1 unspecified atom stereocenters. The van der Waals surface area contributed by atoms with Crippen molar-refractivity contribution in [1.82, 2.24) is 0 Å². The fourth-order valence-electron chi connectivity index (χ4n) is 0.626. The maximum atomic E-state index is 8.97. The van der Waals surface area contributed by atoms with Gasteiger partial charge in [-0.3, -0.25) is 0 Å². The summed E-state index contributed by atoms with van der Waals surface area (Å²) in [5.74, 6) is 0. The molecule has 2 heteroatoms. The quantitative estimate of drug-likeness (QED) is 0.549. The molecule has 8 heavy (non-hydrogen) atoms. The first-order valence-corrected chi connectivity index (χ1v) is 3.10. The van der Waals surface area contributed by atoms with Crippen LogP contribution >= 0.6 is 12.6 Å². The molecular formula is C6H14OS. The minimum atomic E-state index is -1.34. The Bertz CT molecular complexity index is 78.2. The topological polar surface area (TPSA) is 20.2 Å². The summed E-state index contributed by atoms with van der Waals surface area (Å²) in [5.41, 5.74) is 0. The standard InChI is InChI=1S/C6H14OS/c1-5(7)4-6(2,3)8/h5,7-8H,4H2,1-3H3/i5D. The van der Waals surface area contributed by atoms with Crippen molar-refractivity contribution in [3.63, 3.8) is 0 Å². The zero-order valence-electron chi connectivity index (χ0n) is 6.60. The zero-order chi connectivity index (χ0) is 7.71. The molecule has 0 aromatic heterocycles. The van der Waals surface area contributed by atoms with Crippen LogP contribution in [0, 0.1) is 0 Å². The van der Waals surface area contributed by atoms with Crippen LogP contribution in [0.5, 0.6) is 0 Å². The third-order valence-electron chi connectivity index (χ3n) is 0.688. The molecule has 0 aliphatic carbocycles. The van der Waals surface area contributed by atoms with Crippen LogP contribution in [0.15, 0.2) is 0 Å². The van der Waals surface area contributed by atoms with Crippen LogP contribution in [0.4, 0.5) is 0 Å². The highest BCUT2D eigenvalue weighted by Gasteiger charge is 2.13. The SMILES string of the molecule is [2H]C(C)(O)CC(C)(C)S. The summed E-state index contributed by atoms with van der Waals surface area (Å²) < 4.78 is 6.84. The van der Waals surface area contributed by atoms with E-state index in [-0.39, 0.29) is 4.75 Å². The van der Waals surface area contributed by atoms with E-state index in [1.807, 2.05) is 13.8 Å². The van der Waals surface area contributed by atoms with E-state index < -0.39 is 6.08 Å². The van der Waals surface area contributed by atoms with Crippen molar-refractivity contribution >= 4 is 12.6 Å². The highest BCUT2D eigenvalue weighted by Crippen LogP contribution is 2.18. The fourth-order valence-corrected chi connectivity index (χ4v) is 0.855. The molecule has 0 rings (SSSR count). The van der Waals surface area contributed by atoms with Crippen LogP contribution in [0.3, 0.4) is 0 Å². The lowest BCUT2D eigenvalue weighted by atomic mass is 10.1. The second kappa shape index (κ2) is 2.74. The average Bonchev–Trinajstić information content (AvgIpc) is 1.14. The van der Waals surface area contributed by atoms with Gasteiger partial charge in [-0.25, -0.2) is 0 Å². The molecule has 0 aromatic rings. The van der Waals surface area contributed by atoms with Crippen molar-refractivity contribution in [2.24, 2.45) is 0 Å². The molecule has 0 fully saturated rings. The van der Waals surface area contributed by atoms with Crippen LogP contribution in [0.2, 0.25) is 0 Å². The molecule has 0 amide bonds. The van der Waals surface area contributed by atoms with Gasteiger partial charge in [-0.1, -0.05) is 13.8 Å². The Labute approximate surface area is 57.9 Å². The van der Waals surface area contributed by atoms with Crippen molar-refractivity contribution in [3.8, 4) is 0 Å². The summed E-state index contributed by atoms with van der Waals surface area (Å²) in [6, 6.07) is 0. The minimum absolute atomic E-state index is 0.259. The molecule has 0 saturated carbocycles. The lowest BCUT2D eigenvalue weighted by molar-refractivity contribution is 0.174. The van der Waals surface area contributed by atoms with E-state index in [1.54, 1.807) is 0 Å². The van der Waals surface area contributed by atoms with Crippen LogP contribution in [-0.4, -0.2) is 15.9 Å². The van der Waals surface area contributed by atoms with Crippen molar-refractivity contribution in [2.45, 2.75) is 38.0 Å². The van der Waals surface area contributed by atoms with Gasteiger partial charge in [0.05, 0.1) is 7.45 Å². The average molecular weight is 135 g/mol. The summed E-state index contributed by atoms with van der Waals surface area (Å²) in [6.07, 6.45) is -0.964. The second-order valence-electron chi connectivity index (χ2n) is 2.72. The predicted octanol–water partition coefficient (Wildman–Crippen LogP) is 1.47. The van der Waals surface area contributed by atoms with Gasteiger partial charge < -0.3 is 5.11 Å². The van der Waals surface area contributed by atoms with Crippen molar-refractivity contribution in [1.29, 1.82) is 0 Å². The molecule has 1 N–H and O–H groups in total. The summed E-state index contributed by atoms with van der Waals surface area (Å²) in [5, 5.41) is 8.97. The number of rotatable bonds is 2. The first kappa shape index (κ1) is 6.43. The summed E-state index contributed by atoms with van der Waals surface area (Å²) in [7, 11) is 0. The molecule has 0 aliphatic rings. The molecular weight excluding hydrogens is 120 g/mol. The Morgan fingerprint density at radius 3 is 2.25 bits per heavy atom. The largest absolute Gasteiger partial charge is 0.393 e. The number of hydrogen-bond donors (Lipinski definition) is 2. The first-order valence-electron chi connectivity index (χ1n) is 3.15. The van der Waals surface area contributed by atoms with E-state index in [0.717, 1.165) is 0 Å². The molecule has 1 nitrogen and oxygen atoms in total. The van der Waals surface area contributed by atoms with Crippen LogP contribution < -0.4 is 0 Å². The summed E-state index contributed by atoms with van der Waals surface area (Å²) >= 11 is 4.17. The Balaban J connectivity index is 3.75. The molecule has 0 saturated heterocycles. The second-order valence-corrected chi connectivity index (χ2v) is 3.94. The maximum Gasteiger partial charge on any atom is 0.0598 e. The van der Waals surface area contributed by atoms with E-state index in [0.29, 0.717) is 6.42 Å².